The predicted molar refractivity (Wildman–Crippen MR) is 90.5 cm³/mol. The molecule has 2 heterocycles. The van der Waals surface area contributed by atoms with Crippen LogP contribution in [0.15, 0.2) is 0 Å². The lowest BCUT2D eigenvalue weighted by Gasteiger charge is -2.21. The van der Waals surface area contributed by atoms with Crippen molar-refractivity contribution in [3.63, 3.8) is 0 Å². The highest BCUT2D eigenvalue weighted by Gasteiger charge is 2.39. The fourth-order valence-corrected chi connectivity index (χ4v) is 3.63. The van der Waals surface area contributed by atoms with Crippen molar-refractivity contribution in [3.05, 3.63) is 17.0 Å². The number of aromatic nitrogens is 2. The summed E-state index contributed by atoms with van der Waals surface area (Å²) >= 11 is 0. The fraction of sp³-hybridized carbons (Fsp3) is 0.706. The Morgan fingerprint density at radius 3 is 2.62 bits per heavy atom. The summed E-state index contributed by atoms with van der Waals surface area (Å²) in [5.74, 6) is 0.161. The highest BCUT2D eigenvalue weighted by molar-refractivity contribution is 5.82. The summed E-state index contributed by atoms with van der Waals surface area (Å²) in [6, 6.07) is 0.0402. The molecular weight excluding hydrogens is 306 g/mol. The molecule has 3 amide bonds. The quantitative estimate of drug-likeness (QED) is 0.858. The fourth-order valence-electron chi connectivity index (χ4n) is 3.63. The summed E-state index contributed by atoms with van der Waals surface area (Å²) in [4.78, 5) is 26.3. The van der Waals surface area contributed by atoms with Gasteiger partial charge in [0.15, 0.2) is 0 Å². The number of urea groups is 1. The minimum Gasteiger partial charge on any atom is -0.338 e. The van der Waals surface area contributed by atoms with Gasteiger partial charge in [0.2, 0.25) is 5.91 Å². The lowest BCUT2D eigenvalue weighted by Crippen LogP contribution is -2.44. The molecule has 2 aliphatic rings. The molecule has 1 aromatic heterocycles. The van der Waals surface area contributed by atoms with Crippen LogP contribution < -0.4 is 10.6 Å². The van der Waals surface area contributed by atoms with Crippen molar-refractivity contribution in [3.8, 4) is 0 Å². The SMILES string of the molecule is CCC(NC(=O)NC1CC(=O)N(C2CC2)C1)c1c(C)nn(C)c1C. The van der Waals surface area contributed by atoms with Crippen LogP contribution in [0.5, 0.6) is 0 Å². The number of aryl methyl sites for hydroxylation is 2. The smallest absolute Gasteiger partial charge is 0.315 e. The van der Waals surface area contributed by atoms with Crippen LogP contribution in [0.2, 0.25) is 0 Å². The van der Waals surface area contributed by atoms with E-state index in [1.807, 2.05) is 37.4 Å². The number of amides is 3. The molecular formula is C17H27N5O2. The van der Waals surface area contributed by atoms with Gasteiger partial charge in [-0.15, -0.1) is 0 Å². The Hall–Kier alpha value is -2.05. The molecule has 1 aliphatic heterocycles. The van der Waals surface area contributed by atoms with Crippen LogP contribution in [0.4, 0.5) is 4.79 Å². The average molecular weight is 333 g/mol. The number of rotatable bonds is 5. The van der Waals surface area contributed by atoms with E-state index in [9.17, 15) is 9.59 Å². The van der Waals surface area contributed by atoms with Crippen LogP contribution in [-0.4, -0.2) is 45.2 Å². The average Bonchev–Trinajstić information content (AvgIpc) is 3.25. The Labute approximate surface area is 142 Å². The lowest BCUT2D eigenvalue weighted by molar-refractivity contribution is -0.128. The molecule has 24 heavy (non-hydrogen) atoms. The number of carbonyl (C=O) groups is 2. The summed E-state index contributed by atoms with van der Waals surface area (Å²) < 4.78 is 1.84. The van der Waals surface area contributed by atoms with Crippen LogP contribution in [0.3, 0.4) is 0 Å². The summed E-state index contributed by atoms with van der Waals surface area (Å²) in [5.41, 5.74) is 3.09. The molecule has 1 saturated carbocycles. The molecule has 132 valence electrons. The van der Waals surface area contributed by atoms with Gasteiger partial charge in [-0.2, -0.15) is 5.10 Å². The number of carbonyl (C=O) groups excluding carboxylic acids is 2. The zero-order valence-corrected chi connectivity index (χ0v) is 14.9. The number of hydrogen-bond acceptors (Lipinski definition) is 3. The minimum absolute atomic E-state index is 0.0738. The van der Waals surface area contributed by atoms with Crippen LogP contribution in [0, 0.1) is 13.8 Å². The van der Waals surface area contributed by atoms with Gasteiger partial charge in [0.1, 0.15) is 0 Å². The van der Waals surface area contributed by atoms with E-state index in [1.54, 1.807) is 0 Å². The van der Waals surface area contributed by atoms with Gasteiger partial charge in [-0.05, 0) is 33.1 Å². The van der Waals surface area contributed by atoms with Crippen molar-refractivity contribution < 1.29 is 9.59 Å². The third kappa shape index (κ3) is 3.25. The number of hydrogen-bond donors (Lipinski definition) is 2. The highest BCUT2D eigenvalue weighted by Crippen LogP contribution is 2.30. The molecule has 0 bridgehead atoms. The maximum Gasteiger partial charge on any atom is 0.315 e. The first-order valence-electron chi connectivity index (χ1n) is 8.77. The van der Waals surface area contributed by atoms with E-state index in [4.69, 9.17) is 0 Å². The molecule has 0 spiro atoms. The summed E-state index contributed by atoms with van der Waals surface area (Å²) in [6.07, 6.45) is 3.40. The Bertz CT molecular complexity index is 650. The Morgan fingerprint density at radius 1 is 1.38 bits per heavy atom. The zero-order valence-electron chi connectivity index (χ0n) is 14.9. The van der Waals surface area contributed by atoms with E-state index < -0.39 is 0 Å². The van der Waals surface area contributed by atoms with Gasteiger partial charge >= 0.3 is 6.03 Å². The Kier molecular flexibility index (Phi) is 4.51. The van der Waals surface area contributed by atoms with Gasteiger partial charge in [0, 0.05) is 37.3 Å². The van der Waals surface area contributed by atoms with Gasteiger partial charge in [-0.25, -0.2) is 4.79 Å². The number of nitrogens with zero attached hydrogens (tertiary/aromatic N) is 3. The molecule has 0 aromatic carbocycles. The monoisotopic (exact) mass is 333 g/mol. The molecule has 2 unspecified atom stereocenters. The zero-order chi connectivity index (χ0) is 17.4. The van der Waals surface area contributed by atoms with Crippen molar-refractivity contribution in [2.45, 2.75) is 64.6 Å². The molecule has 1 saturated heterocycles. The van der Waals surface area contributed by atoms with Crippen LogP contribution in [-0.2, 0) is 11.8 Å². The molecule has 1 aromatic rings. The van der Waals surface area contributed by atoms with Crippen molar-refractivity contribution >= 4 is 11.9 Å². The molecule has 2 N–H and O–H groups in total. The second-order valence-corrected chi connectivity index (χ2v) is 6.97. The first-order chi connectivity index (χ1) is 11.4. The normalized spacial score (nSPS) is 21.9. The molecule has 7 heteroatoms. The minimum atomic E-state index is -0.208. The third-order valence-electron chi connectivity index (χ3n) is 5.11. The van der Waals surface area contributed by atoms with Crippen LogP contribution in [0.25, 0.3) is 0 Å². The largest absolute Gasteiger partial charge is 0.338 e. The van der Waals surface area contributed by atoms with E-state index >= 15 is 0 Å². The van der Waals surface area contributed by atoms with Gasteiger partial charge in [-0.1, -0.05) is 6.92 Å². The van der Waals surface area contributed by atoms with Crippen molar-refractivity contribution in [1.29, 1.82) is 0 Å². The second kappa shape index (κ2) is 6.45. The first-order valence-corrected chi connectivity index (χ1v) is 8.77. The second-order valence-electron chi connectivity index (χ2n) is 6.97. The lowest BCUT2D eigenvalue weighted by atomic mass is 10.0. The van der Waals surface area contributed by atoms with Gasteiger partial charge in [-0.3, -0.25) is 9.48 Å². The van der Waals surface area contributed by atoms with Crippen LogP contribution >= 0.6 is 0 Å². The highest BCUT2D eigenvalue weighted by atomic mass is 16.2. The Balaban J connectivity index is 1.60. The maximum atomic E-state index is 12.4. The molecule has 7 nitrogen and oxygen atoms in total. The van der Waals surface area contributed by atoms with E-state index in [-0.39, 0.29) is 24.0 Å². The van der Waals surface area contributed by atoms with E-state index in [0.29, 0.717) is 19.0 Å². The van der Waals surface area contributed by atoms with E-state index in [0.717, 1.165) is 36.2 Å². The summed E-state index contributed by atoms with van der Waals surface area (Å²) in [7, 11) is 1.91. The van der Waals surface area contributed by atoms with Gasteiger partial charge < -0.3 is 15.5 Å². The standard InChI is InChI=1S/C17H27N5O2/c1-5-14(16-10(2)20-21(4)11(16)3)19-17(24)18-12-8-15(23)22(9-12)13-6-7-13/h12-14H,5-9H2,1-4H3,(H2,18,19,24). The Morgan fingerprint density at radius 2 is 2.08 bits per heavy atom. The van der Waals surface area contributed by atoms with E-state index in [2.05, 4.69) is 15.7 Å². The van der Waals surface area contributed by atoms with Crippen LogP contribution in [0.1, 0.15) is 55.6 Å². The van der Waals surface area contributed by atoms with Crippen molar-refractivity contribution in [1.82, 2.24) is 25.3 Å². The molecule has 0 radical (unpaired) electrons. The maximum absolute atomic E-state index is 12.4. The van der Waals surface area contributed by atoms with Gasteiger partial charge in [0.05, 0.1) is 17.8 Å². The number of likely N-dealkylation sites (tertiary alicyclic amines) is 1. The molecule has 3 rings (SSSR count). The molecule has 2 fully saturated rings. The third-order valence-corrected chi connectivity index (χ3v) is 5.11. The summed E-state index contributed by atoms with van der Waals surface area (Å²) in [6.45, 7) is 6.66. The van der Waals surface area contributed by atoms with Gasteiger partial charge in [0.25, 0.3) is 0 Å². The van der Waals surface area contributed by atoms with Crippen molar-refractivity contribution in [2.75, 3.05) is 6.54 Å². The predicted octanol–water partition coefficient (Wildman–Crippen LogP) is 1.55. The molecule has 2 atom stereocenters. The van der Waals surface area contributed by atoms with E-state index in [1.165, 1.54) is 0 Å². The number of nitrogens with one attached hydrogen (secondary N) is 2. The molecule has 1 aliphatic carbocycles. The van der Waals surface area contributed by atoms with Crippen molar-refractivity contribution in [2.24, 2.45) is 7.05 Å². The summed E-state index contributed by atoms with van der Waals surface area (Å²) in [5, 5.41) is 10.4. The topological polar surface area (TPSA) is 79.3 Å². The first kappa shape index (κ1) is 16.8.